The first-order valence-electron chi connectivity index (χ1n) is 6.07. The number of rotatable bonds is 2. The number of aromatic amines is 1. The van der Waals surface area contributed by atoms with Crippen molar-refractivity contribution in [2.24, 2.45) is 0 Å². The second-order valence-electron chi connectivity index (χ2n) is 4.32. The lowest BCUT2D eigenvalue weighted by Gasteiger charge is -2.04. The van der Waals surface area contributed by atoms with E-state index in [1.165, 1.54) is 6.33 Å². The molecule has 2 aromatic rings. The van der Waals surface area contributed by atoms with Crippen LogP contribution in [-0.2, 0) is 11.2 Å². The lowest BCUT2D eigenvalue weighted by atomic mass is 10.0. The molecule has 1 N–H and O–H groups in total. The molecule has 96 valence electrons. The van der Waals surface area contributed by atoms with E-state index >= 15 is 0 Å². The molecule has 1 heterocycles. The molecule has 0 unspecified atom stereocenters. The maximum atomic E-state index is 11.9. The van der Waals surface area contributed by atoms with Gasteiger partial charge in [0.1, 0.15) is 0 Å². The minimum atomic E-state index is -0.376. The molecular formula is C14H12N2O3. The quantitative estimate of drug-likeness (QED) is 0.705. The lowest BCUT2D eigenvalue weighted by molar-refractivity contribution is 0.0526. The van der Waals surface area contributed by atoms with Gasteiger partial charge in [0.25, 0.3) is 5.56 Å². The number of H-pyrrole nitrogens is 1. The fourth-order valence-electron chi connectivity index (χ4n) is 2.33. The number of carbonyl (C=O) groups is 1. The zero-order chi connectivity index (χ0) is 13.4. The highest BCUT2D eigenvalue weighted by molar-refractivity contribution is 5.92. The smallest absolute Gasteiger partial charge is 0.338 e. The van der Waals surface area contributed by atoms with E-state index in [9.17, 15) is 9.59 Å². The van der Waals surface area contributed by atoms with Gasteiger partial charge in [0.05, 0.1) is 29.8 Å². The minimum Gasteiger partial charge on any atom is -0.462 e. The number of benzene rings is 1. The van der Waals surface area contributed by atoms with Gasteiger partial charge in [-0.2, -0.15) is 0 Å². The summed E-state index contributed by atoms with van der Waals surface area (Å²) in [5, 5.41) is 0. The highest BCUT2D eigenvalue weighted by Crippen LogP contribution is 2.33. The number of esters is 1. The third kappa shape index (κ3) is 1.83. The molecule has 0 radical (unpaired) electrons. The number of carbonyl (C=O) groups excluding carboxylic acids is 1. The Morgan fingerprint density at radius 3 is 3.11 bits per heavy atom. The molecule has 5 nitrogen and oxygen atoms in total. The Hall–Kier alpha value is -2.43. The molecule has 0 fully saturated rings. The van der Waals surface area contributed by atoms with E-state index in [-0.39, 0.29) is 11.5 Å². The third-order valence-corrected chi connectivity index (χ3v) is 3.18. The van der Waals surface area contributed by atoms with Crippen LogP contribution in [0.3, 0.4) is 0 Å². The lowest BCUT2D eigenvalue weighted by Crippen LogP contribution is -2.10. The van der Waals surface area contributed by atoms with Crippen molar-refractivity contribution in [3.63, 3.8) is 0 Å². The summed E-state index contributed by atoms with van der Waals surface area (Å²) in [5.74, 6) is -0.376. The molecule has 0 spiro atoms. The topological polar surface area (TPSA) is 72.0 Å². The molecule has 1 aromatic carbocycles. The van der Waals surface area contributed by atoms with Gasteiger partial charge in [-0.05, 0) is 30.2 Å². The van der Waals surface area contributed by atoms with E-state index in [0.717, 1.165) is 16.8 Å². The maximum absolute atomic E-state index is 11.9. The van der Waals surface area contributed by atoms with Crippen molar-refractivity contribution in [2.45, 2.75) is 13.3 Å². The average molecular weight is 256 g/mol. The average Bonchev–Trinajstić information content (AvgIpc) is 2.77. The molecule has 0 bridgehead atoms. The highest BCUT2D eigenvalue weighted by Gasteiger charge is 2.23. The van der Waals surface area contributed by atoms with Crippen molar-refractivity contribution in [3.8, 4) is 11.1 Å². The number of nitrogens with one attached hydrogen (secondary N) is 1. The monoisotopic (exact) mass is 256 g/mol. The number of aromatic nitrogens is 2. The zero-order valence-electron chi connectivity index (χ0n) is 10.4. The van der Waals surface area contributed by atoms with Gasteiger partial charge in [0, 0.05) is 6.42 Å². The van der Waals surface area contributed by atoms with Gasteiger partial charge >= 0.3 is 5.97 Å². The van der Waals surface area contributed by atoms with Crippen LogP contribution >= 0.6 is 0 Å². The SMILES string of the molecule is CCOC(=O)c1ccc2c(c1)-c1c(nc[nH]c1=O)C2. The van der Waals surface area contributed by atoms with Gasteiger partial charge in [-0.15, -0.1) is 0 Å². The summed E-state index contributed by atoms with van der Waals surface area (Å²) in [6.07, 6.45) is 2.02. The van der Waals surface area contributed by atoms with Crippen LogP contribution < -0.4 is 5.56 Å². The van der Waals surface area contributed by atoms with E-state index in [2.05, 4.69) is 9.97 Å². The first-order valence-corrected chi connectivity index (χ1v) is 6.07. The minimum absolute atomic E-state index is 0.176. The van der Waals surface area contributed by atoms with Crippen LogP contribution in [0.25, 0.3) is 11.1 Å². The Kier molecular flexibility index (Phi) is 2.67. The standard InChI is InChI=1S/C14H12N2O3/c1-2-19-14(18)9-4-3-8-6-11-12(10(8)5-9)13(17)16-7-15-11/h3-5,7H,2,6H2,1H3,(H,15,16,17). The predicted molar refractivity (Wildman–Crippen MR) is 69.1 cm³/mol. The van der Waals surface area contributed by atoms with Gasteiger partial charge in [-0.1, -0.05) is 6.07 Å². The molecule has 0 aliphatic heterocycles. The van der Waals surface area contributed by atoms with Gasteiger partial charge < -0.3 is 9.72 Å². The van der Waals surface area contributed by atoms with Crippen molar-refractivity contribution in [1.82, 2.24) is 9.97 Å². The largest absolute Gasteiger partial charge is 0.462 e. The van der Waals surface area contributed by atoms with E-state index in [1.54, 1.807) is 19.1 Å². The van der Waals surface area contributed by atoms with Crippen molar-refractivity contribution in [1.29, 1.82) is 0 Å². The van der Waals surface area contributed by atoms with Crippen molar-refractivity contribution < 1.29 is 9.53 Å². The van der Waals surface area contributed by atoms with Crippen molar-refractivity contribution in [2.75, 3.05) is 6.61 Å². The Balaban J connectivity index is 2.13. The van der Waals surface area contributed by atoms with Gasteiger partial charge in [-0.3, -0.25) is 4.79 Å². The molecule has 5 heteroatoms. The Morgan fingerprint density at radius 1 is 1.47 bits per heavy atom. The Morgan fingerprint density at radius 2 is 2.32 bits per heavy atom. The van der Waals surface area contributed by atoms with Gasteiger partial charge in [0.15, 0.2) is 0 Å². The van der Waals surface area contributed by atoms with Gasteiger partial charge in [-0.25, -0.2) is 9.78 Å². The van der Waals surface area contributed by atoms with E-state index in [0.29, 0.717) is 24.2 Å². The Labute approximate surface area is 109 Å². The second kappa shape index (κ2) is 4.35. The first-order chi connectivity index (χ1) is 9.20. The summed E-state index contributed by atoms with van der Waals surface area (Å²) in [6.45, 7) is 2.09. The summed E-state index contributed by atoms with van der Waals surface area (Å²) >= 11 is 0. The number of ether oxygens (including phenoxy) is 1. The van der Waals surface area contributed by atoms with E-state index < -0.39 is 0 Å². The van der Waals surface area contributed by atoms with Crippen molar-refractivity contribution >= 4 is 5.97 Å². The first kappa shape index (κ1) is 11.6. The number of hydrogen-bond donors (Lipinski definition) is 1. The second-order valence-corrected chi connectivity index (χ2v) is 4.32. The van der Waals surface area contributed by atoms with Crippen LogP contribution in [-0.4, -0.2) is 22.5 Å². The predicted octanol–water partition coefficient (Wildman–Crippen LogP) is 1.52. The van der Waals surface area contributed by atoms with Crippen LogP contribution in [0.5, 0.6) is 0 Å². The van der Waals surface area contributed by atoms with Crippen LogP contribution in [0.4, 0.5) is 0 Å². The summed E-state index contributed by atoms with van der Waals surface area (Å²) in [7, 11) is 0. The summed E-state index contributed by atoms with van der Waals surface area (Å²) in [5.41, 5.74) is 3.37. The molecule has 0 atom stereocenters. The van der Waals surface area contributed by atoms with Crippen molar-refractivity contribution in [3.05, 3.63) is 51.7 Å². The fourth-order valence-corrected chi connectivity index (χ4v) is 2.33. The number of fused-ring (bicyclic) bond motifs is 3. The van der Waals surface area contributed by atoms with Crippen LogP contribution in [0.15, 0.2) is 29.3 Å². The van der Waals surface area contributed by atoms with E-state index in [1.807, 2.05) is 6.07 Å². The van der Waals surface area contributed by atoms with Crippen LogP contribution in [0.2, 0.25) is 0 Å². The van der Waals surface area contributed by atoms with Gasteiger partial charge in [0.2, 0.25) is 0 Å². The van der Waals surface area contributed by atoms with Crippen LogP contribution in [0, 0.1) is 0 Å². The third-order valence-electron chi connectivity index (χ3n) is 3.18. The molecule has 1 aliphatic carbocycles. The summed E-state index contributed by atoms with van der Waals surface area (Å²) in [4.78, 5) is 30.3. The van der Waals surface area contributed by atoms with E-state index in [4.69, 9.17) is 4.74 Å². The molecule has 3 rings (SSSR count). The zero-order valence-corrected chi connectivity index (χ0v) is 10.4. The summed E-state index contributed by atoms with van der Waals surface area (Å²) < 4.78 is 4.97. The summed E-state index contributed by atoms with van der Waals surface area (Å²) in [6, 6.07) is 5.27. The molecule has 1 aliphatic rings. The van der Waals surface area contributed by atoms with Crippen LogP contribution in [0.1, 0.15) is 28.5 Å². The fraction of sp³-hybridized carbons (Fsp3) is 0.214. The number of hydrogen-bond acceptors (Lipinski definition) is 4. The molecule has 0 amide bonds. The Bertz CT molecular complexity index is 719. The molecular weight excluding hydrogens is 244 g/mol. The molecule has 0 saturated heterocycles. The molecule has 19 heavy (non-hydrogen) atoms. The highest BCUT2D eigenvalue weighted by atomic mass is 16.5. The molecule has 1 aromatic heterocycles. The maximum Gasteiger partial charge on any atom is 0.338 e. The number of nitrogens with zero attached hydrogens (tertiary/aromatic N) is 1. The molecule has 0 saturated carbocycles. The normalized spacial score (nSPS) is 11.8.